The van der Waals surface area contributed by atoms with Gasteiger partial charge in [-0.1, -0.05) is 48.6 Å². The number of unbranched alkanes of at least 4 members (excludes halogenated alkanes) is 3. The first-order valence-corrected chi connectivity index (χ1v) is 8.82. The van der Waals surface area contributed by atoms with Crippen LogP contribution in [0.4, 0.5) is 0 Å². The highest BCUT2D eigenvalue weighted by Gasteiger charge is 2.15. The van der Waals surface area contributed by atoms with Crippen LogP contribution < -0.4 is 0 Å². The van der Waals surface area contributed by atoms with Crippen LogP contribution >= 0.6 is 0 Å². The third-order valence-electron chi connectivity index (χ3n) is 3.17. The fraction of sp³-hybridized carbons (Fsp3) is 0.333. The number of sulfone groups is 1. The van der Waals surface area contributed by atoms with Crippen molar-refractivity contribution in [3.05, 3.63) is 65.6 Å². The van der Waals surface area contributed by atoms with Crippen molar-refractivity contribution < 1.29 is 8.42 Å². The largest absolute Gasteiger partial charge is 0.219 e. The molecule has 0 heterocycles. The van der Waals surface area contributed by atoms with Gasteiger partial charge in [0.05, 0.1) is 4.90 Å². The summed E-state index contributed by atoms with van der Waals surface area (Å²) in [7, 11) is -3.31. The SMILES string of the molecule is C/C=C/C=C/CCCC/C=C(/C)S(=O)(=O)c1ccccc1. The minimum absolute atomic E-state index is 0.369. The van der Waals surface area contributed by atoms with Crippen molar-refractivity contribution in [3.63, 3.8) is 0 Å². The molecule has 0 aliphatic rings. The summed E-state index contributed by atoms with van der Waals surface area (Å²) in [6.07, 6.45) is 13.9. The van der Waals surface area contributed by atoms with Crippen LogP contribution in [-0.4, -0.2) is 8.42 Å². The molecule has 0 spiro atoms. The Morgan fingerprint density at radius 3 is 2.38 bits per heavy atom. The highest BCUT2D eigenvalue weighted by molar-refractivity contribution is 7.95. The number of allylic oxidation sites excluding steroid dienone is 6. The van der Waals surface area contributed by atoms with E-state index in [2.05, 4.69) is 6.08 Å². The topological polar surface area (TPSA) is 34.1 Å². The van der Waals surface area contributed by atoms with Crippen LogP contribution in [0, 0.1) is 0 Å². The summed E-state index contributed by atoms with van der Waals surface area (Å²) in [6, 6.07) is 8.59. The van der Waals surface area contributed by atoms with E-state index in [-0.39, 0.29) is 0 Å². The van der Waals surface area contributed by atoms with Gasteiger partial charge in [-0.05, 0) is 51.7 Å². The Kier molecular flexibility index (Phi) is 7.76. The molecule has 1 aromatic rings. The van der Waals surface area contributed by atoms with E-state index >= 15 is 0 Å². The fourth-order valence-corrected chi connectivity index (χ4v) is 3.12. The van der Waals surface area contributed by atoms with E-state index in [1.165, 1.54) is 0 Å². The molecule has 1 rings (SSSR count). The molecule has 0 bridgehead atoms. The van der Waals surface area contributed by atoms with Crippen molar-refractivity contribution in [2.75, 3.05) is 0 Å². The Bertz CT molecular complexity index is 593. The van der Waals surface area contributed by atoms with Crippen LogP contribution in [0.25, 0.3) is 0 Å². The van der Waals surface area contributed by atoms with Crippen molar-refractivity contribution >= 4 is 9.84 Å². The average Bonchev–Trinajstić information content (AvgIpc) is 2.50. The molecule has 0 aliphatic heterocycles. The monoisotopic (exact) mass is 304 g/mol. The summed E-state index contributed by atoms with van der Waals surface area (Å²) in [5, 5.41) is 0. The fourth-order valence-electron chi connectivity index (χ4n) is 1.89. The van der Waals surface area contributed by atoms with E-state index in [4.69, 9.17) is 0 Å². The maximum Gasteiger partial charge on any atom is 0.202 e. The number of hydrogen-bond acceptors (Lipinski definition) is 2. The third-order valence-corrected chi connectivity index (χ3v) is 5.08. The van der Waals surface area contributed by atoms with E-state index in [1.807, 2.05) is 37.3 Å². The lowest BCUT2D eigenvalue weighted by molar-refractivity contribution is 0.601. The molecular formula is C18H24O2S. The van der Waals surface area contributed by atoms with Gasteiger partial charge in [0, 0.05) is 4.91 Å². The molecule has 0 unspecified atom stereocenters. The first kappa shape index (κ1) is 17.4. The molecule has 3 heteroatoms. The summed E-state index contributed by atoms with van der Waals surface area (Å²) in [4.78, 5) is 0.811. The minimum Gasteiger partial charge on any atom is -0.219 e. The lowest BCUT2D eigenvalue weighted by atomic mass is 10.2. The first-order valence-electron chi connectivity index (χ1n) is 7.33. The normalized spacial score (nSPS) is 13.3. The van der Waals surface area contributed by atoms with E-state index < -0.39 is 9.84 Å². The van der Waals surface area contributed by atoms with Crippen molar-refractivity contribution in [2.45, 2.75) is 44.4 Å². The Labute approximate surface area is 128 Å². The predicted molar refractivity (Wildman–Crippen MR) is 89.8 cm³/mol. The summed E-state index contributed by atoms with van der Waals surface area (Å²) in [5.74, 6) is 0. The second kappa shape index (κ2) is 9.35. The zero-order valence-electron chi connectivity index (χ0n) is 12.8. The summed E-state index contributed by atoms with van der Waals surface area (Å²) >= 11 is 0. The summed E-state index contributed by atoms with van der Waals surface area (Å²) < 4.78 is 24.6. The van der Waals surface area contributed by atoms with Gasteiger partial charge in [-0.2, -0.15) is 0 Å². The average molecular weight is 304 g/mol. The smallest absolute Gasteiger partial charge is 0.202 e. The zero-order valence-corrected chi connectivity index (χ0v) is 13.6. The van der Waals surface area contributed by atoms with E-state index in [9.17, 15) is 8.42 Å². The van der Waals surface area contributed by atoms with Gasteiger partial charge < -0.3 is 0 Å². The van der Waals surface area contributed by atoms with Crippen molar-refractivity contribution in [1.82, 2.24) is 0 Å². The summed E-state index contributed by atoms with van der Waals surface area (Å²) in [5.41, 5.74) is 0. The predicted octanol–water partition coefficient (Wildman–Crippen LogP) is 5.06. The highest BCUT2D eigenvalue weighted by atomic mass is 32.2. The van der Waals surface area contributed by atoms with Crippen LogP contribution in [0.2, 0.25) is 0 Å². The van der Waals surface area contributed by atoms with Crippen LogP contribution in [0.5, 0.6) is 0 Å². The molecule has 0 saturated carbocycles. The molecular weight excluding hydrogens is 280 g/mol. The first-order chi connectivity index (χ1) is 10.1. The second-order valence-electron chi connectivity index (χ2n) is 4.87. The lowest BCUT2D eigenvalue weighted by Gasteiger charge is -2.04. The summed E-state index contributed by atoms with van der Waals surface area (Å²) in [6.45, 7) is 3.67. The molecule has 21 heavy (non-hydrogen) atoms. The molecule has 1 aromatic carbocycles. The van der Waals surface area contributed by atoms with Gasteiger partial charge in [0.15, 0.2) is 0 Å². The Morgan fingerprint density at radius 2 is 1.71 bits per heavy atom. The molecule has 0 N–H and O–H groups in total. The molecule has 114 valence electrons. The van der Waals surface area contributed by atoms with Crippen LogP contribution in [0.1, 0.15) is 39.5 Å². The molecule has 0 amide bonds. The molecule has 0 saturated heterocycles. The zero-order chi connectivity index (χ0) is 15.6. The van der Waals surface area contributed by atoms with Gasteiger partial charge in [0.1, 0.15) is 0 Å². The van der Waals surface area contributed by atoms with Gasteiger partial charge in [-0.25, -0.2) is 8.42 Å². The molecule has 0 radical (unpaired) electrons. The Morgan fingerprint density at radius 1 is 1.05 bits per heavy atom. The van der Waals surface area contributed by atoms with E-state index in [0.29, 0.717) is 9.80 Å². The quantitative estimate of drug-likeness (QED) is 0.497. The van der Waals surface area contributed by atoms with Gasteiger partial charge >= 0.3 is 0 Å². The lowest BCUT2D eigenvalue weighted by Crippen LogP contribution is -2.02. The molecule has 0 aliphatic carbocycles. The maximum atomic E-state index is 12.3. The molecule has 0 atom stereocenters. The van der Waals surface area contributed by atoms with E-state index in [0.717, 1.165) is 25.7 Å². The minimum atomic E-state index is -3.31. The Balaban J connectivity index is 2.46. The molecule has 0 aromatic heterocycles. The molecule has 2 nitrogen and oxygen atoms in total. The van der Waals surface area contributed by atoms with Gasteiger partial charge in [-0.3, -0.25) is 0 Å². The maximum absolute atomic E-state index is 12.3. The standard InChI is InChI=1S/C18H24O2S/c1-3-4-5-6-7-8-9-11-14-17(2)21(19,20)18-15-12-10-13-16-18/h3-6,10,12-16H,7-9,11H2,1-2H3/b4-3+,6-5+,17-14-. The second-order valence-corrected chi connectivity index (χ2v) is 6.99. The number of hydrogen-bond donors (Lipinski definition) is 0. The van der Waals surface area contributed by atoms with E-state index in [1.54, 1.807) is 31.2 Å². The third kappa shape index (κ3) is 6.13. The van der Waals surface area contributed by atoms with Gasteiger partial charge in [0.2, 0.25) is 9.84 Å². The van der Waals surface area contributed by atoms with Gasteiger partial charge in [-0.15, -0.1) is 0 Å². The number of benzene rings is 1. The Hall–Kier alpha value is -1.61. The van der Waals surface area contributed by atoms with Gasteiger partial charge in [0.25, 0.3) is 0 Å². The van der Waals surface area contributed by atoms with Crippen molar-refractivity contribution in [1.29, 1.82) is 0 Å². The molecule has 0 fully saturated rings. The van der Waals surface area contributed by atoms with Crippen LogP contribution in [0.15, 0.2) is 70.5 Å². The van der Waals surface area contributed by atoms with Crippen molar-refractivity contribution in [3.8, 4) is 0 Å². The highest BCUT2D eigenvalue weighted by Crippen LogP contribution is 2.19. The number of rotatable bonds is 8. The van der Waals surface area contributed by atoms with Crippen LogP contribution in [0.3, 0.4) is 0 Å². The van der Waals surface area contributed by atoms with Crippen molar-refractivity contribution in [2.24, 2.45) is 0 Å². The van der Waals surface area contributed by atoms with Crippen LogP contribution in [-0.2, 0) is 9.84 Å².